The second kappa shape index (κ2) is 61.6. The average Bonchev–Trinajstić information content (AvgIpc) is 3.38. The molecule has 0 spiro atoms. The van der Waals surface area contributed by atoms with E-state index >= 15 is 0 Å². The van der Waals surface area contributed by atoms with Crippen LogP contribution in [0.3, 0.4) is 0 Å². The third-order valence-electron chi connectivity index (χ3n) is 12.5. The molecule has 0 aliphatic rings. The van der Waals surface area contributed by atoms with Crippen LogP contribution in [0.25, 0.3) is 0 Å². The van der Waals surface area contributed by atoms with Crippen molar-refractivity contribution in [2.45, 2.75) is 271 Å². The van der Waals surface area contributed by atoms with E-state index in [1.807, 2.05) is 0 Å². The third-order valence-corrected chi connectivity index (χ3v) is 12.5. The summed E-state index contributed by atoms with van der Waals surface area (Å²) < 4.78 is 17.5. The third kappa shape index (κ3) is 58.9. The van der Waals surface area contributed by atoms with E-state index in [9.17, 15) is 9.59 Å². The Morgan fingerprint density at radius 3 is 1.00 bits per heavy atom. The number of allylic oxidation sites excluding steroid dienone is 20. The molecule has 72 heavy (non-hydrogen) atoms. The first-order valence-electron chi connectivity index (χ1n) is 30.1. The Hall–Kier alpha value is -3.70. The van der Waals surface area contributed by atoms with Crippen molar-refractivity contribution in [1.82, 2.24) is 0 Å². The van der Waals surface area contributed by atoms with Crippen LogP contribution >= 0.6 is 0 Å². The lowest BCUT2D eigenvalue weighted by Gasteiger charge is -2.18. The van der Waals surface area contributed by atoms with Crippen LogP contribution in [0.1, 0.15) is 265 Å². The van der Waals surface area contributed by atoms with Crippen molar-refractivity contribution in [2.24, 2.45) is 0 Å². The number of esters is 2. The molecule has 0 N–H and O–H groups in total. The van der Waals surface area contributed by atoms with E-state index in [-0.39, 0.29) is 25.2 Å². The monoisotopic (exact) mass is 997 g/mol. The van der Waals surface area contributed by atoms with Crippen molar-refractivity contribution in [3.8, 4) is 0 Å². The predicted octanol–water partition coefficient (Wildman–Crippen LogP) is 20.9. The molecule has 1 unspecified atom stereocenters. The predicted molar refractivity (Wildman–Crippen MR) is 316 cm³/mol. The highest BCUT2D eigenvalue weighted by molar-refractivity contribution is 5.70. The number of ether oxygens (including phenoxy) is 3. The number of carbonyl (C=O) groups is 2. The molecule has 0 amide bonds. The Bertz CT molecular complexity index is 1450. The van der Waals surface area contributed by atoms with Crippen LogP contribution in [0.15, 0.2) is 122 Å². The number of hydrogen-bond donors (Lipinski definition) is 0. The van der Waals surface area contributed by atoms with Gasteiger partial charge in [-0.2, -0.15) is 0 Å². The Balaban J connectivity index is 4.37. The molecular formula is C67H112O5. The van der Waals surface area contributed by atoms with Gasteiger partial charge in [-0.15, -0.1) is 0 Å². The minimum absolute atomic E-state index is 0.0624. The molecule has 0 radical (unpaired) electrons. The molecule has 0 saturated carbocycles. The van der Waals surface area contributed by atoms with Gasteiger partial charge in [0.15, 0.2) is 6.10 Å². The molecular weight excluding hydrogens is 885 g/mol. The molecule has 0 aliphatic carbocycles. The highest BCUT2D eigenvalue weighted by Crippen LogP contribution is 2.14. The lowest BCUT2D eigenvalue weighted by Crippen LogP contribution is -2.30. The van der Waals surface area contributed by atoms with E-state index < -0.39 is 6.10 Å². The summed E-state index contributed by atoms with van der Waals surface area (Å²) in [5.41, 5.74) is 0. The zero-order valence-electron chi connectivity index (χ0n) is 47.2. The van der Waals surface area contributed by atoms with Gasteiger partial charge in [-0.25, -0.2) is 0 Å². The summed E-state index contributed by atoms with van der Waals surface area (Å²) in [6.07, 6.45) is 86.5. The van der Waals surface area contributed by atoms with Gasteiger partial charge in [-0.3, -0.25) is 9.59 Å². The van der Waals surface area contributed by atoms with Gasteiger partial charge in [0.2, 0.25) is 0 Å². The summed E-state index contributed by atoms with van der Waals surface area (Å²) in [6.45, 7) is 7.54. The molecule has 0 rings (SSSR count). The fourth-order valence-electron chi connectivity index (χ4n) is 8.05. The van der Waals surface area contributed by atoms with Crippen LogP contribution in [0.5, 0.6) is 0 Å². The van der Waals surface area contributed by atoms with Crippen molar-refractivity contribution >= 4 is 11.9 Å². The molecule has 5 heteroatoms. The largest absolute Gasteiger partial charge is 0.462 e. The summed E-state index contributed by atoms with van der Waals surface area (Å²) in [5.74, 6) is -0.433. The van der Waals surface area contributed by atoms with Gasteiger partial charge < -0.3 is 14.2 Å². The lowest BCUT2D eigenvalue weighted by molar-refractivity contribution is -0.163. The maximum absolute atomic E-state index is 12.9. The van der Waals surface area contributed by atoms with E-state index in [0.29, 0.717) is 19.4 Å². The Morgan fingerprint density at radius 1 is 0.319 bits per heavy atom. The standard InChI is InChI=1S/C67H112O5/c1-4-7-10-13-16-19-22-25-28-31-34-36-39-42-45-48-51-54-57-60-66(68)71-64-65(63-70-62-59-56-53-50-47-44-41-38-33-30-27-24-21-18-15-12-9-6-3)72-67(69)61-58-55-52-49-46-43-40-37-35-32-29-26-23-20-17-14-11-8-5-2/h7,9-10,12,16-21,25-30,34-37,65H,4-6,8,11,13-15,22-24,31-33,38-64H2,1-3H3/b10-7-,12-9-,19-16-,20-17-,21-18-,28-25-,29-26-,30-27-,36-34-,37-35-. The molecule has 0 fully saturated rings. The van der Waals surface area contributed by atoms with Gasteiger partial charge in [0.25, 0.3) is 0 Å². The van der Waals surface area contributed by atoms with Gasteiger partial charge in [-0.1, -0.05) is 245 Å². The van der Waals surface area contributed by atoms with Crippen LogP contribution in [0.4, 0.5) is 0 Å². The van der Waals surface area contributed by atoms with Gasteiger partial charge in [-0.05, 0) is 128 Å². The summed E-state index contributed by atoms with van der Waals surface area (Å²) in [4.78, 5) is 25.6. The second-order valence-electron chi connectivity index (χ2n) is 19.5. The first-order valence-corrected chi connectivity index (χ1v) is 30.1. The van der Waals surface area contributed by atoms with Crippen LogP contribution in [-0.2, 0) is 23.8 Å². The normalized spacial score (nSPS) is 13.1. The molecule has 0 heterocycles. The minimum Gasteiger partial charge on any atom is -0.462 e. The van der Waals surface area contributed by atoms with E-state index in [1.165, 1.54) is 109 Å². The highest BCUT2D eigenvalue weighted by Gasteiger charge is 2.17. The fraction of sp³-hybridized carbons (Fsp3) is 0.672. The van der Waals surface area contributed by atoms with Crippen molar-refractivity contribution in [3.05, 3.63) is 122 Å². The van der Waals surface area contributed by atoms with Crippen LogP contribution in [-0.4, -0.2) is 37.9 Å². The summed E-state index contributed by atoms with van der Waals surface area (Å²) in [7, 11) is 0. The first kappa shape index (κ1) is 68.3. The van der Waals surface area contributed by atoms with E-state index in [0.717, 1.165) is 122 Å². The molecule has 0 aromatic rings. The molecule has 410 valence electrons. The molecule has 0 bridgehead atoms. The Labute approximate surface area is 446 Å². The van der Waals surface area contributed by atoms with Gasteiger partial charge in [0.05, 0.1) is 6.61 Å². The van der Waals surface area contributed by atoms with Gasteiger partial charge in [0.1, 0.15) is 6.61 Å². The fourth-order valence-corrected chi connectivity index (χ4v) is 8.05. The van der Waals surface area contributed by atoms with Crippen molar-refractivity contribution in [3.63, 3.8) is 0 Å². The lowest BCUT2D eigenvalue weighted by atomic mass is 10.1. The SMILES string of the molecule is CC/C=C\C/C=C\C/C=C\C/C=C\CCCCCCCCC(=O)OCC(COCCCCCCCCCC/C=C\C/C=C\C/C=C\CC)OC(=O)CCCCCCCC/C=C\C/C=C\C/C=C\CCCCC. The van der Waals surface area contributed by atoms with E-state index in [4.69, 9.17) is 14.2 Å². The topological polar surface area (TPSA) is 61.8 Å². The zero-order valence-corrected chi connectivity index (χ0v) is 47.2. The van der Waals surface area contributed by atoms with Gasteiger partial charge in [0, 0.05) is 19.4 Å². The van der Waals surface area contributed by atoms with Crippen molar-refractivity contribution in [1.29, 1.82) is 0 Å². The number of unbranched alkanes of at least 4 members (excludes halogenated alkanes) is 23. The molecule has 0 saturated heterocycles. The number of rotatable bonds is 54. The minimum atomic E-state index is -0.563. The van der Waals surface area contributed by atoms with Gasteiger partial charge >= 0.3 is 11.9 Å². The van der Waals surface area contributed by atoms with E-state index in [2.05, 4.69) is 142 Å². The number of carbonyl (C=O) groups excluding carboxylic acids is 2. The maximum atomic E-state index is 12.9. The van der Waals surface area contributed by atoms with Crippen LogP contribution in [0.2, 0.25) is 0 Å². The second-order valence-corrected chi connectivity index (χ2v) is 19.5. The summed E-state index contributed by atoms with van der Waals surface area (Å²) in [5, 5.41) is 0. The molecule has 1 atom stereocenters. The maximum Gasteiger partial charge on any atom is 0.306 e. The Morgan fingerprint density at radius 2 is 0.625 bits per heavy atom. The van der Waals surface area contributed by atoms with Crippen molar-refractivity contribution in [2.75, 3.05) is 19.8 Å². The quantitative estimate of drug-likeness (QED) is 0.0345. The smallest absolute Gasteiger partial charge is 0.306 e. The average molecular weight is 998 g/mol. The molecule has 0 aromatic carbocycles. The highest BCUT2D eigenvalue weighted by atomic mass is 16.6. The summed E-state index contributed by atoms with van der Waals surface area (Å²) >= 11 is 0. The van der Waals surface area contributed by atoms with Crippen LogP contribution in [0, 0.1) is 0 Å². The Kier molecular flexibility index (Phi) is 58.4. The number of hydrogen-bond acceptors (Lipinski definition) is 5. The summed E-state index contributed by atoms with van der Waals surface area (Å²) in [6, 6.07) is 0. The molecule has 0 aliphatic heterocycles. The van der Waals surface area contributed by atoms with Crippen molar-refractivity contribution < 1.29 is 23.8 Å². The molecule has 0 aromatic heterocycles. The van der Waals surface area contributed by atoms with E-state index in [1.54, 1.807) is 0 Å². The molecule has 5 nitrogen and oxygen atoms in total. The zero-order chi connectivity index (χ0) is 52.0. The van der Waals surface area contributed by atoms with Crippen LogP contribution < -0.4 is 0 Å². The first-order chi connectivity index (χ1) is 35.6.